The molecule has 1 amide bonds. The molecule has 1 aliphatic carbocycles. The number of amides is 1. The van der Waals surface area contributed by atoms with Crippen LogP contribution in [0.15, 0.2) is 52.5 Å². The van der Waals surface area contributed by atoms with Crippen molar-refractivity contribution in [2.24, 2.45) is 0 Å². The molecule has 0 saturated heterocycles. The van der Waals surface area contributed by atoms with Gasteiger partial charge in [-0.1, -0.05) is 0 Å². The molecule has 2 aromatic rings. The molecule has 1 N–H and O–H groups in total. The van der Waals surface area contributed by atoms with Crippen LogP contribution < -0.4 is 4.74 Å². The van der Waals surface area contributed by atoms with Crippen molar-refractivity contribution in [3.05, 3.63) is 64.3 Å². The number of hydrogen-bond donors (Lipinski definition) is 1. The lowest BCUT2D eigenvalue weighted by molar-refractivity contribution is -0.377. The molecule has 8 heteroatoms. The summed E-state index contributed by atoms with van der Waals surface area (Å²) in [4.78, 5) is 13.1. The van der Waals surface area contributed by atoms with Gasteiger partial charge in [0.1, 0.15) is 11.3 Å². The fourth-order valence-electron chi connectivity index (χ4n) is 2.73. The topological polar surface area (TPSA) is 112 Å². The van der Waals surface area contributed by atoms with Crippen molar-refractivity contribution in [3.8, 4) is 11.5 Å². The fraction of sp³-hybridized carbons (Fsp3) is 0.200. The molecule has 8 nitrogen and oxygen atoms in total. The van der Waals surface area contributed by atoms with Crippen LogP contribution in [0.25, 0.3) is 17.0 Å². The van der Waals surface area contributed by atoms with Gasteiger partial charge in [-0.25, -0.2) is 4.79 Å². The molecule has 1 heterocycles. The molecule has 146 valence electrons. The van der Waals surface area contributed by atoms with Gasteiger partial charge in [0.2, 0.25) is 5.71 Å². The lowest BCUT2D eigenvalue weighted by Crippen LogP contribution is -2.33. The molecule has 3 rings (SSSR count). The van der Waals surface area contributed by atoms with E-state index in [1.54, 1.807) is 30.4 Å². The average molecular weight is 383 g/mol. The normalized spacial score (nSPS) is 13.1. The van der Waals surface area contributed by atoms with E-state index in [9.17, 15) is 20.3 Å². The van der Waals surface area contributed by atoms with E-state index in [1.807, 2.05) is 13.8 Å². The van der Waals surface area contributed by atoms with Crippen LogP contribution >= 0.6 is 0 Å². The second-order valence-electron chi connectivity index (χ2n) is 6.01. The molecule has 0 atom stereocenters. The number of aromatic hydroxyl groups is 1. The van der Waals surface area contributed by atoms with Crippen molar-refractivity contribution in [3.63, 3.8) is 0 Å². The molecule has 0 aliphatic heterocycles. The van der Waals surface area contributed by atoms with Gasteiger partial charge in [0.25, 0.3) is 0 Å². The van der Waals surface area contributed by atoms with Crippen LogP contribution in [0, 0.1) is 10.4 Å². The number of benzene rings is 1. The van der Waals surface area contributed by atoms with E-state index < -0.39 is 11.0 Å². The Morgan fingerprint density at radius 3 is 2.50 bits per heavy atom. The number of hydrogen-bond acceptors (Lipinski definition) is 6. The predicted molar refractivity (Wildman–Crippen MR) is 105 cm³/mol. The first-order chi connectivity index (χ1) is 13.4. The second kappa shape index (κ2) is 7.91. The zero-order valence-corrected chi connectivity index (χ0v) is 15.4. The number of fused-ring (bicyclic) bond motifs is 1. The smallest absolute Gasteiger partial charge is 0.415 e. The van der Waals surface area contributed by atoms with E-state index in [0.29, 0.717) is 35.4 Å². The third-order valence-corrected chi connectivity index (χ3v) is 4.29. The van der Waals surface area contributed by atoms with Crippen molar-refractivity contribution in [2.45, 2.75) is 13.8 Å². The number of allylic oxidation sites excluding steroid dienone is 5. The van der Waals surface area contributed by atoms with Crippen LogP contribution in [0.1, 0.15) is 19.6 Å². The van der Waals surface area contributed by atoms with E-state index >= 15 is 0 Å². The maximum atomic E-state index is 12.1. The first-order valence-corrected chi connectivity index (χ1v) is 8.74. The highest BCUT2D eigenvalue weighted by Crippen LogP contribution is 2.35. The molecule has 1 aliphatic rings. The number of carbonyl (C=O) groups is 1. The molecule has 0 radical (unpaired) electrons. The van der Waals surface area contributed by atoms with Crippen LogP contribution in [0.5, 0.6) is 11.5 Å². The monoisotopic (exact) mass is 383 g/mol. The minimum absolute atomic E-state index is 0.0226. The van der Waals surface area contributed by atoms with Crippen molar-refractivity contribution >= 4 is 28.9 Å². The molecule has 1 aromatic heterocycles. The maximum Gasteiger partial charge on any atom is 0.415 e. The van der Waals surface area contributed by atoms with Gasteiger partial charge in [-0.3, -0.25) is 0 Å². The van der Waals surface area contributed by atoms with Crippen molar-refractivity contribution in [1.29, 1.82) is 0 Å². The predicted octanol–water partition coefficient (Wildman–Crippen LogP) is 3.94. The summed E-state index contributed by atoms with van der Waals surface area (Å²) in [6.45, 7) is 4.79. The van der Waals surface area contributed by atoms with Gasteiger partial charge in [-0.2, -0.15) is 4.90 Å². The number of furan rings is 1. The summed E-state index contributed by atoms with van der Waals surface area (Å²) in [6, 6.07) is 4.71. The third kappa shape index (κ3) is 3.85. The van der Waals surface area contributed by atoms with Crippen LogP contribution in [0.2, 0.25) is 0 Å². The zero-order valence-electron chi connectivity index (χ0n) is 15.4. The number of ether oxygens (including phenoxy) is 1. The van der Waals surface area contributed by atoms with E-state index in [2.05, 4.69) is 0 Å². The zero-order chi connectivity index (χ0) is 20.3. The van der Waals surface area contributed by atoms with Crippen LogP contribution in [0.4, 0.5) is 4.79 Å². The highest BCUT2D eigenvalue weighted by atomic mass is 16.8. The number of rotatable bonds is 4. The van der Waals surface area contributed by atoms with E-state index in [-0.39, 0.29) is 17.2 Å². The molecular weight excluding hydrogens is 364 g/mol. The molecule has 0 bridgehead atoms. The second-order valence-corrected chi connectivity index (χ2v) is 6.01. The summed E-state index contributed by atoms with van der Waals surface area (Å²) in [7, 11) is 0. The van der Waals surface area contributed by atoms with Gasteiger partial charge >= 0.3 is 6.09 Å². The average Bonchev–Trinajstić information content (AvgIpc) is 2.98. The highest BCUT2D eigenvalue weighted by molar-refractivity contribution is 6.03. The Morgan fingerprint density at radius 2 is 1.89 bits per heavy atom. The fourth-order valence-corrected chi connectivity index (χ4v) is 2.73. The highest BCUT2D eigenvalue weighted by Gasteiger charge is 2.16. The Morgan fingerprint density at radius 1 is 1.21 bits per heavy atom. The van der Waals surface area contributed by atoms with Gasteiger partial charge in [0, 0.05) is 31.3 Å². The summed E-state index contributed by atoms with van der Waals surface area (Å²) < 4.78 is 11.0. The SMILES string of the molecule is CCN(CC)C(=O)Oc1ccc2c(O)c(C=C3C=CC(=[N+]([O-])[O-])C=C3)oc2c1. The van der Waals surface area contributed by atoms with Crippen LogP contribution in [-0.2, 0) is 0 Å². The molecule has 0 unspecified atom stereocenters. The number of carbonyl (C=O) groups excluding carboxylic acids is 1. The van der Waals surface area contributed by atoms with E-state index in [1.165, 1.54) is 23.1 Å². The lowest BCUT2D eigenvalue weighted by Gasteiger charge is -2.17. The van der Waals surface area contributed by atoms with Crippen molar-refractivity contribution < 1.29 is 24.0 Å². The molecule has 28 heavy (non-hydrogen) atoms. The summed E-state index contributed by atoms with van der Waals surface area (Å²) in [6.07, 6.45) is 6.97. The third-order valence-electron chi connectivity index (χ3n) is 4.29. The Balaban J connectivity index is 1.87. The first kappa shape index (κ1) is 19.1. The molecule has 0 fully saturated rings. The summed E-state index contributed by atoms with van der Waals surface area (Å²) in [5.74, 6) is 0.450. The molecule has 1 aromatic carbocycles. The minimum Gasteiger partial charge on any atom is -0.612 e. The van der Waals surface area contributed by atoms with E-state index in [4.69, 9.17) is 9.15 Å². The van der Waals surface area contributed by atoms with Gasteiger partial charge < -0.3 is 29.6 Å². The van der Waals surface area contributed by atoms with Gasteiger partial charge in [-0.15, -0.1) is 0 Å². The quantitative estimate of drug-likeness (QED) is 0.632. The Kier molecular flexibility index (Phi) is 5.39. The molecular formula is C20H19N2O6-. The summed E-state index contributed by atoms with van der Waals surface area (Å²) in [5.41, 5.74) is 0.967. The largest absolute Gasteiger partial charge is 0.612 e. The molecule has 0 spiro atoms. The van der Waals surface area contributed by atoms with Gasteiger partial charge in [-0.05, 0) is 49.8 Å². The number of nitrogens with zero attached hydrogens (tertiary/aromatic N) is 2. The molecule has 0 saturated carbocycles. The van der Waals surface area contributed by atoms with Gasteiger partial charge in [0.15, 0.2) is 11.5 Å². The standard InChI is InChI=1S/C20H19N2O6/c1-3-21(4-2)20(24)27-15-9-10-16-17(12-15)28-18(19(16)23)11-13-5-7-14(8-6-13)22(25)26/h5-12H,3-4H2,1-2H3,(H-,23,25,26)/q-1. The minimum atomic E-state index is -0.483. The Hall–Kier alpha value is -3.68. The van der Waals surface area contributed by atoms with Crippen molar-refractivity contribution in [1.82, 2.24) is 4.90 Å². The Bertz CT molecular complexity index is 1000. The van der Waals surface area contributed by atoms with Gasteiger partial charge in [0.05, 0.1) is 5.39 Å². The summed E-state index contributed by atoms with van der Waals surface area (Å²) >= 11 is 0. The lowest BCUT2D eigenvalue weighted by atomic mass is 10.1. The maximum absolute atomic E-state index is 12.1. The van der Waals surface area contributed by atoms with Crippen molar-refractivity contribution in [2.75, 3.05) is 13.1 Å². The van der Waals surface area contributed by atoms with Crippen LogP contribution in [0.3, 0.4) is 0 Å². The van der Waals surface area contributed by atoms with E-state index in [0.717, 1.165) is 0 Å². The summed E-state index contributed by atoms with van der Waals surface area (Å²) in [5, 5.41) is 32.3. The Labute approximate surface area is 161 Å². The van der Waals surface area contributed by atoms with Crippen LogP contribution in [-0.4, -0.2) is 39.8 Å². The first-order valence-electron chi connectivity index (χ1n) is 8.74.